The van der Waals surface area contributed by atoms with E-state index in [0.717, 1.165) is 49.4 Å². The van der Waals surface area contributed by atoms with Gasteiger partial charge in [0.15, 0.2) is 4.98 Å². The number of anilines is 1. The molecule has 0 unspecified atom stereocenters. The number of nitrogens with zero attached hydrogens (tertiary/aromatic N) is 4. The molecule has 2 rings (SSSR count). The van der Waals surface area contributed by atoms with Crippen LogP contribution in [-0.4, -0.2) is 37.5 Å². The first-order valence-electron chi connectivity index (χ1n) is 6.06. The first-order valence-corrected chi connectivity index (χ1v) is 6.06. The van der Waals surface area contributed by atoms with Gasteiger partial charge in [0, 0.05) is 43.5 Å². The van der Waals surface area contributed by atoms with E-state index in [4.69, 9.17) is 5.39 Å². The molecule has 1 aromatic rings. The highest BCUT2D eigenvalue weighted by Gasteiger charge is 2.20. The van der Waals surface area contributed by atoms with E-state index in [2.05, 4.69) is 9.88 Å². The average molecular weight is 245 g/mol. The highest BCUT2D eigenvalue weighted by molar-refractivity contribution is 5.65. The van der Waals surface area contributed by atoms with E-state index in [1.54, 1.807) is 4.90 Å². The van der Waals surface area contributed by atoms with Crippen LogP contribution in [0, 0.1) is 19.2 Å². The van der Waals surface area contributed by atoms with E-state index < -0.39 is 0 Å². The Kier molecular flexibility index (Phi) is 3.47. The molecular formula is C13H17N4O+. The van der Waals surface area contributed by atoms with Crippen LogP contribution in [0.4, 0.5) is 11.4 Å². The topological polar surface area (TPSA) is 51.7 Å². The first-order chi connectivity index (χ1) is 8.65. The normalized spacial score (nSPS) is 15.4. The number of hydrogen-bond acceptors (Lipinski definition) is 3. The van der Waals surface area contributed by atoms with Crippen molar-refractivity contribution in [1.82, 2.24) is 4.90 Å². The molecule has 5 heteroatoms. The number of piperazine rings is 1. The van der Waals surface area contributed by atoms with Crippen molar-refractivity contribution >= 4 is 17.8 Å². The molecule has 94 valence electrons. The molecular weight excluding hydrogens is 228 g/mol. The second kappa shape index (κ2) is 5.05. The lowest BCUT2D eigenvalue weighted by Gasteiger charge is -2.35. The van der Waals surface area contributed by atoms with Gasteiger partial charge in [0.25, 0.3) is 0 Å². The minimum absolute atomic E-state index is 0.614. The van der Waals surface area contributed by atoms with Gasteiger partial charge in [0.2, 0.25) is 11.8 Å². The number of carbonyl (C=O) groups is 1. The second-order valence-electron chi connectivity index (χ2n) is 4.65. The van der Waals surface area contributed by atoms with Crippen molar-refractivity contribution in [1.29, 1.82) is 5.39 Å². The van der Waals surface area contributed by atoms with Gasteiger partial charge in [-0.25, -0.2) is 0 Å². The highest BCUT2D eigenvalue weighted by Crippen LogP contribution is 2.29. The summed E-state index contributed by atoms with van der Waals surface area (Å²) in [5.74, 6) is 0. The summed E-state index contributed by atoms with van der Waals surface area (Å²) >= 11 is 0. The van der Waals surface area contributed by atoms with E-state index in [0.29, 0.717) is 5.69 Å². The third kappa shape index (κ3) is 2.28. The molecule has 0 spiro atoms. The van der Waals surface area contributed by atoms with Crippen molar-refractivity contribution in [2.45, 2.75) is 13.8 Å². The minimum Gasteiger partial charge on any atom is -0.368 e. The summed E-state index contributed by atoms with van der Waals surface area (Å²) in [4.78, 5) is 18.0. The number of amides is 1. The fourth-order valence-corrected chi connectivity index (χ4v) is 2.30. The Morgan fingerprint density at radius 2 is 1.83 bits per heavy atom. The molecule has 1 amide bonds. The van der Waals surface area contributed by atoms with Crippen molar-refractivity contribution in [2.75, 3.05) is 31.1 Å². The Bertz CT molecular complexity index is 498. The van der Waals surface area contributed by atoms with Crippen LogP contribution in [0.1, 0.15) is 11.1 Å². The lowest BCUT2D eigenvalue weighted by molar-refractivity contribution is -0.118. The summed E-state index contributed by atoms with van der Waals surface area (Å²) in [6.07, 6.45) is 0.906. The number of benzene rings is 1. The lowest BCUT2D eigenvalue weighted by atomic mass is 10.1. The maximum Gasteiger partial charge on any atom is 0.388 e. The quantitative estimate of drug-likeness (QED) is 0.592. The van der Waals surface area contributed by atoms with Crippen LogP contribution in [0.3, 0.4) is 0 Å². The van der Waals surface area contributed by atoms with Crippen LogP contribution >= 0.6 is 0 Å². The summed E-state index contributed by atoms with van der Waals surface area (Å²) in [5, 5.41) is 8.88. The van der Waals surface area contributed by atoms with Crippen LogP contribution in [0.25, 0.3) is 4.98 Å². The van der Waals surface area contributed by atoms with Gasteiger partial charge in [-0.15, -0.1) is 0 Å². The maximum atomic E-state index is 10.7. The molecule has 5 nitrogen and oxygen atoms in total. The number of rotatable bonds is 2. The Balaban J connectivity index is 2.22. The third-order valence-electron chi connectivity index (χ3n) is 3.43. The average Bonchev–Trinajstić information content (AvgIpc) is 2.41. The molecule has 0 aromatic heterocycles. The van der Waals surface area contributed by atoms with E-state index in [9.17, 15) is 4.79 Å². The fraction of sp³-hybridized carbons (Fsp3) is 0.462. The summed E-state index contributed by atoms with van der Waals surface area (Å²) in [6, 6.07) is 3.93. The van der Waals surface area contributed by atoms with Crippen LogP contribution < -0.4 is 4.90 Å². The van der Waals surface area contributed by atoms with Gasteiger partial charge in [-0.05, 0) is 25.5 Å². The molecule has 1 fully saturated rings. The molecule has 18 heavy (non-hydrogen) atoms. The summed E-state index contributed by atoms with van der Waals surface area (Å²) < 4.78 is 0. The fourth-order valence-electron chi connectivity index (χ4n) is 2.30. The number of carbonyl (C=O) groups excluding carboxylic acids is 1. The van der Waals surface area contributed by atoms with Crippen molar-refractivity contribution < 1.29 is 4.79 Å². The van der Waals surface area contributed by atoms with Crippen LogP contribution in [0.5, 0.6) is 0 Å². The summed E-state index contributed by atoms with van der Waals surface area (Å²) in [7, 11) is 0. The Hall–Kier alpha value is -2.09. The van der Waals surface area contributed by atoms with Gasteiger partial charge < -0.3 is 9.80 Å². The Morgan fingerprint density at radius 1 is 1.17 bits per heavy atom. The van der Waals surface area contributed by atoms with Crippen LogP contribution in [0.15, 0.2) is 12.1 Å². The van der Waals surface area contributed by atoms with E-state index in [1.807, 2.05) is 26.0 Å². The summed E-state index contributed by atoms with van der Waals surface area (Å²) in [5.41, 5.74) is 3.82. The number of aryl methyl sites for hydroxylation is 2. The zero-order valence-electron chi connectivity index (χ0n) is 10.8. The molecule has 0 atom stereocenters. The van der Waals surface area contributed by atoms with Gasteiger partial charge in [0.1, 0.15) is 0 Å². The monoisotopic (exact) mass is 245 g/mol. The van der Waals surface area contributed by atoms with Crippen molar-refractivity contribution in [3.05, 3.63) is 28.2 Å². The third-order valence-corrected chi connectivity index (χ3v) is 3.43. The van der Waals surface area contributed by atoms with Crippen molar-refractivity contribution in [3.63, 3.8) is 0 Å². The molecule has 0 N–H and O–H groups in total. The largest absolute Gasteiger partial charge is 0.388 e. The Labute approximate surface area is 107 Å². The van der Waals surface area contributed by atoms with Gasteiger partial charge >= 0.3 is 5.69 Å². The molecule has 1 saturated heterocycles. The molecule has 0 bridgehead atoms. The van der Waals surface area contributed by atoms with Crippen molar-refractivity contribution in [3.8, 4) is 0 Å². The van der Waals surface area contributed by atoms with E-state index in [-0.39, 0.29) is 0 Å². The van der Waals surface area contributed by atoms with Crippen molar-refractivity contribution in [2.24, 2.45) is 0 Å². The molecule has 0 saturated carbocycles. The predicted octanol–water partition coefficient (Wildman–Crippen LogP) is 2.07. The van der Waals surface area contributed by atoms with Crippen LogP contribution in [-0.2, 0) is 4.79 Å². The van der Waals surface area contributed by atoms with Gasteiger partial charge in [-0.2, -0.15) is 0 Å². The van der Waals surface area contributed by atoms with E-state index >= 15 is 0 Å². The lowest BCUT2D eigenvalue weighted by Crippen LogP contribution is -2.45. The zero-order valence-corrected chi connectivity index (χ0v) is 10.8. The number of hydrogen-bond donors (Lipinski definition) is 0. The molecule has 0 radical (unpaired) electrons. The minimum atomic E-state index is 0.614. The van der Waals surface area contributed by atoms with Gasteiger partial charge in [-0.3, -0.25) is 4.79 Å². The Morgan fingerprint density at radius 3 is 2.39 bits per heavy atom. The molecule has 1 heterocycles. The smallest absolute Gasteiger partial charge is 0.368 e. The number of diazo groups is 1. The molecule has 1 aliphatic heterocycles. The summed E-state index contributed by atoms with van der Waals surface area (Å²) in [6.45, 7) is 7.14. The van der Waals surface area contributed by atoms with E-state index in [1.165, 1.54) is 0 Å². The molecule has 1 aromatic carbocycles. The predicted molar refractivity (Wildman–Crippen MR) is 70.5 cm³/mol. The highest BCUT2D eigenvalue weighted by atomic mass is 16.1. The SMILES string of the molecule is Cc1cc(N2CCN(C=O)CC2)c(C)cc1[N+]#N. The maximum absolute atomic E-state index is 10.7. The molecule has 1 aliphatic rings. The molecule has 0 aliphatic carbocycles. The standard InChI is InChI=1S/C13H17N4O/c1-10-8-13(11(2)7-12(10)15-14)17-5-3-16(9-18)4-6-17/h7-9H,3-6H2,1-2H3/q+1. The van der Waals surface area contributed by atoms with Gasteiger partial charge in [0.05, 0.1) is 0 Å². The van der Waals surface area contributed by atoms with Crippen LogP contribution in [0.2, 0.25) is 0 Å². The second-order valence-corrected chi connectivity index (χ2v) is 4.65. The first kappa shape index (κ1) is 12.4. The zero-order chi connectivity index (χ0) is 13.1. The van der Waals surface area contributed by atoms with Gasteiger partial charge in [-0.1, -0.05) is 0 Å².